The highest BCUT2D eigenvalue weighted by atomic mass is 16.5. The Morgan fingerprint density at radius 3 is 2.53 bits per heavy atom. The molecule has 1 heterocycles. The number of aliphatic hydroxyl groups excluding tert-OH is 1. The molecule has 0 saturated heterocycles. The molecule has 1 aromatic carbocycles. The Morgan fingerprint density at radius 1 is 1.32 bits per heavy atom. The zero-order valence-corrected chi connectivity index (χ0v) is 11.6. The molecule has 0 bridgehead atoms. The number of nitrogens with zero attached hydrogens (tertiary/aromatic N) is 2. The van der Waals surface area contributed by atoms with Crippen LogP contribution in [0.15, 0.2) is 30.3 Å². The molecule has 0 saturated carbocycles. The fourth-order valence-electron chi connectivity index (χ4n) is 2.02. The SMILES string of the molecule is Cc1cc(COc2ccc(CC(C)O)cc2)n(C)n1. The summed E-state index contributed by atoms with van der Waals surface area (Å²) in [6, 6.07) is 9.84. The number of ether oxygens (including phenoxy) is 1. The molecule has 102 valence electrons. The van der Waals surface area contributed by atoms with Crippen molar-refractivity contribution >= 4 is 0 Å². The van der Waals surface area contributed by atoms with Gasteiger partial charge in [-0.05, 0) is 44.0 Å². The fourth-order valence-corrected chi connectivity index (χ4v) is 2.02. The number of aromatic nitrogens is 2. The molecular formula is C15H20N2O2. The quantitative estimate of drug-likeness (QED) is 0.896. The van der Waals surface area contributed by atoms with Crippen LogP contribution in [-0.4, -0.2) is 21.0 Å². The average molecular weight is 260 g/mol. The van der Waals surface area contributed by atoms with Gasteiger partial charge >= 0.3 is 0 Å². The molecule has 0 aliphatic carbocycles. The lowest BCUT2D eigenvalue weighted by Gasteiger charge is -2.08. The largest absolute Gasteiger partial charge is 0.487 e. The van der Waals surface area contributed by atoms with Crippen molar-refractivity contribution in [2.75, 3.05) is 0 Å². The third-order valence-corrected chi connectivity index (χ3v) is 2.94. The molecule has 1 atom stereocenters. The van der Waals surface area contributed by atoms with Gasteiger partial charge in [0.2, 0.25) is 0 Å². The Morgan fingerprint density at radius 2 is 2.00 bits per heavy atom. The summed E-state index contributed by atoms with van der Waals surface area (Å²) >= 11 is 0. The predicted molar refractivity (Wildman–Crippen MR) is 74.1 cm³/mol. The van der Waals surface area contributed by atoms with Crippen LogP contribution in [0.25, 0.3) is 0 Å². The van der Waals surface area contributed by atoms with E-state index >= 15 is 0 Å². The maximum absolute atomic E-state index is 9.32. The lowest BCUT2D eigenvalue weighted by Crippen LogP contribution is -2.04. The van der Waals surface area contributed by atoms with Crippen molar-refractivity contribution in [1.82, 2.24) is 9.78 Å². The molecule has 19 heavy (non-hydrogen) atoms. The van der Waals surface area contributed by atoms with E-state index in [1.165, 1.54) is 0 Å². The third-order valence-electron chi connectivity index (χ3n) is 2.94. The molecule has 0 spiro atoms. The minimum atomic E-state index is -0.316. The maximum Gasteiger partial charge on any atom is 0.130 e. The van der Waals surface area contributed by atoms with Crippen molar-refractivity contribution in [2.45, 2.75) is 33.0 Å². The Hall–Kier alpha value is -1.81. The lowest BCUT2D eigenvalue weighted by molar-refractivity contribution is 0.195. The van der Waals surface area contributed by atoms with Crippen LogP contribution in [0, 0.1) is 6.92 Å². The molecule has 0 amide bonds. The number of aliphatic hydroxyl groups is 1. The highest BCUT2D eigenvalue weighted by Gasteiger charge is 2.04. The van der Waals surface area contributed by atoms with Crippen molar-refractivity contribution in [2.24, 2.45) is 7.05 Å². The molecule has 2 rings (SSSR count). The first-order valence-corrected chi connectivity index (χ1v) is 6.44. The molecule has 2 aromatic rings. The van der Waals surface area contributed by atoms with Gasteiger partial charge in [0.15, 0.2) is 0 Å². The Labute approximate surface area is 113 Å². The summed E-state index contributed by atoms with van der Waals surface area (Å²) in [7, 11) is 1.91. The Bertz CT molecular complexity index is 530. The predicted octanol–water partition coefficient (Wildman–Crippen LogP) is 2.23. The Balaban J connectivity index is 1.94. The van der Waals surface area contributed by atoms with Crippen molar-refractivity contribution in [1.29, 1.82) is 0 Å². The van der Waals surface area contributed by atoms with E-state index in [1.807, 2.05) is 49.0 Å². The zero-order chi connectivity index (χ0) is 13.8. The van der Waals surface area contributed by atoms with Gasteiger partial charge in [0.05, 0.1) is 17.5 Å². The fraction of sp³-hybridized carbons (Fsp3) is 0.400. The summed E-state index contributed by atoms with van der Waals surface area (Å²) in [5, 5.41) is 13.6. The van der Waals surface area contributed by atoms with Gasteiger partial charge in [-0.1, -0.05) is 12.1 Å². The summed E-state index contributed by atoms with van der Waals surface area (Å²) in [4.78, 5) is 0. The molecule has 1 unspecified atom stereocenters. The number of aryl methyl sites for hydroxylation is 2. The van der Waals surface area contributed by atoms with Crippen LogP contribution in [0.4, 0.5) is 0 Å². The van der Waals surface area contributed by atoms with Crippen molar-refractivity contribution < 1.29 is 9.84 Å². The van der Waals surface area contributed by atoms with E-state index in [2.05, 4.69) is 5.10 Å². The van der Waals surface area contributed by atoms with Crippen LogP contribution < -0.4 is 4.74 Å². The summed E-state index contributed by atoms with van der Waals surface area (Å²) in [6.07, 6.45) is 0.352. The molecule has 0 fully saturated rings. The molecular weight excluding hydrogens is 240 g/mol. The van der Waals surface area contributed by atoms with Crippen LogP contribution in [0.3, 0.4) is 0 Å². The van der Waals surface area contributed by atoms with E-state index in [1.54, 1.807) is 6.92 Å². The van der Waals surface area contributed by atoms with E-state index < -0.39 is 0 Å². The van der Waals surface area contributed by atoms with Crippen molar-refractivity contribution in [3.8, 4) is 5.75 Å². The second kappa shape index (κ2) is 5.89. The minimum Gasteiger partial charge on any atom is -0.487 e. The van der Waals surface area contributed by atoms with Gasteiger partial charge in [-0.15, -0.1) is 0 Å². The molecule has 0 aliphatic heterocycles. The van der Waals surface area contributed by atoms with Crippen LogP contribution >= 0.6 is 0 Å². The monoisotopic (exact) mass is 260 g/mol. The van der Waals surface area contributed by atoms with Crippen molar-refractivity contribution in [3.63, 3.8) is 0 Å². The van der Waals surface area contributed by atoms with Crippen LogP contribution in [0.2, 0.25) is 0 Å². The molecule has 4 nitrogen and oxygen atoms in total. The Kier molecular flexibility index (Phi) is 4.22. The van der Waals surface area contributed by atoms with Crippen LogP contribution in [0.5, 0.6) is 5.75 Å². The van der Waals surface area contributed by atoms with Gasteiger partial charge in [0.1, 0.15) is 12.4 Å². The number of hydrogen-bond donors (Lipinski definition) is 1. The maximum atomic E-state index is 9.32. The van der Waals surface area contributed by atoms with Gasteiger partial charge in [-0.2, -0.15) is 5.10 Å². The second-order valence-electron chi connectivity index (χ2n) is 4.89. The highest BCUT2D eigenvalue weighted by Crippen LogP contribution is 2.15. The summed E-state index contributed by atoms with van der Waals surface area (Å²) in [6.45, 7) is 4.26. The topological polar surface area (TPSA) is 47.3 Å². The van der Waals surface area contributed by atoms with Gasteiger partial charge in [0.25, 0.3) is 0 Å². The normalized spacial score (nSPS) is 12.4. The van der Waals surface area contributed by atoms with E-state index in [4.69, 9.17) is 4.74 Å². The molecule has 0 aliphatic rings. The van der Waals surface area contributed by atoms with E-state index in [0.717, 1.165) is 22.7 Å². The zero-order valence-electron chi connectivity index (χ0n) is 11.6. The van der Waals surface area contributed by atoms with E-state index in [-0.39, 0.29) is 6.10 Å². The van der Waals surface area contributed by atoms with E-state index in [9.17, 15) is 5.11 Å². The van der Waals surface area contributed by atoms with Gasteiger partial charge in [-0.3, -0.25) is 4.68 Å². The molecule has 0 radical (unpaired) electrons. The minimum absolute atomic E-state index is 0.316. The summed E-state index contributed by atoms with van der Waals surface area (Å²) < 4.78 is 7.55. The summed E-state index contributed by atoms with van der Waals surface area (Å²) in [5.74, 6) is 0.827. The van der Waals surface area contributed by atoms with Gasteiger partial charge in [0, 0.05) is 7.05 Å². The molecule has 4 heteroatoms. The first-order chi connectivity index (χ1) is 9.04. The highest BCUT2D eigenvalue weighted by molar-refractivity contribution is 5.27. The van der Waals surface area contributed by atoms with Crippen LogP contribution in [0.1, 0.15) is 23.9 Å². The summed E-state index contributed by atoms with van der Waals surface area (Å²) in [5.41, 5.74) is 3.15. The average Bonchev–Trinajstić information content (AvgIpc) is 2.66. The molecule has 1 aromatic heterocycles. The number of rotatable bonds is 5. The van der Waals surface area contributed by atoms with Gasteiger partial charge < -0.3 is 9.84 Å². The van der Waals surface area contributed by atoms with Gasteiger partial charge in [-0.25, -0.2) is 0 Å². The lowest BCUT2D eigenvalue weighted by atomic mass is 10.1. The molecule has 1 N–H and O–H groups in total. The standard InChI is InChI=1S/C15H20N2O2/c1-11-8-14(17(3)16-11)10-19-15-6-4-13(5-7-15)9-12(2)18/h4-8,12,18H,9-10H2,1-3H3. The first-order valence-electron chi connectivity index (χ1n) is 6.44. The second-order valence-corrected chi connectivity index (χ2v) is 4.89. The number of hydrogen-bond acceptors (Lipinski definition) is 3. The first kappa shape index (κ1) is 13.6. The number of benzene rings is 1. The van der Waals surface area contributed by atoms with Crippen LogP contribution in [-0.2, 0) is 20.1 Å². The smallest absolute Gasteiger partial charge is 0.130 e. The van der Waals surface area contributed by atoms with Crippen molar-refractivity contribution in [3.05, 3.63) is 47.3 Å². The van der Waals surface area contributed by atoms with E-state index in [0.29, 0.717) is 13.0 Å². The third kappa shape index (κ3) is 3.83.